The first-order chi connectivity index (χ1) is 13.9. The molecular weight excluding hydrogens is 364 g/mol. The Balaban J connectivity index is 1.56. The predicted octanol–water partition coefficient (Wildman–Crippen LogP) is 3.19. The van der Waals surface area contributed by atoms with Gasteiger partial charge in [-0.3, -0.25) is 14.0 Å². The first-order valence-corrected chi connectivity index (χ1v) is 9.75. The lowest BCUT2D eigenvalue weighted by Gasteiger charge is -2.14. The quantitative estimate of drug-likeness (QED) is 0.571. The molecule has 148 valence electrons. The second kappa shape index (κ2) is 7.54. The van der Waals surface area contributed by atoms with E-state index in [1.54, 1.807) is 0 Å². The number of nitrogens with one attached hydrogen (secondary N) is 1. The fourth-order valence-corrected chi connectivity index (χ4v) is 3.70. The Morgan fingerprint density at radius 2 is 1.83 bits per heavy atom. The van der Waals surface area contributed by atoms with Crippen LogP contribution in [0.1, 0.15) is 29.8 Å². The van der Waals surface area contributed by atoms with Crippen molar-refractivity contribution in [1.29, 1.82) is 0 Å². The maximum Gasteiger partial charge on any atom is 0.291 e. The van der Waals surface area contributed by atoms with Crippen molar-refractivity contribution in [3.05, 3.63) is 81.9 Å². The molecule has 0 unspecified atom stereocenters. The number of rotatable bonds is 5. The molecule has 2 aromatic carbocycles. The molecule has 1 amide bonds. The summed E-state index contributed by atoms with van der Waals surface area (Å²) in [7, 11) is 0. The van der Waals surface area contributed by atoms with Gasteiger partial charge in [-0.05, 0) is 43.5 Å². The molecule has 0 saturated heterocycles. The Morgan fingerprint density at radius 1 is 1.07 bits per heavy atom. The third kappa shape index (κ3) is 3.66. The summed E-state index contributed by atoms with van der Waals surface area (Å²) in [4.78, 5) is 25.4. The number of aromatic nitrogens is 3. The number of nitrogens with zero attached hydrogens (tertiary/aromatic N) is 3. The molecule has 29 heavy (non-hydrogen) atoms. The van der Waals surface area contributed by atoms with Gasteiger partial charge in [0, 0.05) is 11.9 Å². The average Bonchev–Trinajstić information content (AvgIpc) is 3.10. The minimum Gasteiger partial charge on any atom is -0.354 e. The van der Waals surface area contributed by atoms with Crippen LogP contribution in [-0.2, 0) is 11.3 Å². The highest BCUT2D eigenvalue weighted by Crippen LogP contribution is 2.20. The van der Waals surface area contributed by atoms with E-state index >= 15 is 0 Å². The van der Waals surface area contributed by atoms with E-state index < -0.39 is 0 Å². The Bertz CT molecular complexity index is 1250. The Kier molecular flexibility index (Phi) is 4.92. The van der Waals surface area contributed by atoms with Crippen LogP contribution in [0.5, 0.6) is 0 Å². The van der Waals surface area contributed by atoms with Gasteiger partial charge in [0.15, 0.2) is 0 Å². The van der Waals surface area contributed by atoms with Gasteiger partial charge in [0.25, 0.3) is 5.56 Å². The molecular formula is C23H24N4O2. The summed E-state index contributed by atoms with van der Waals surface area (Å²) in [6.07, 6.45) is 0. The van der Waals surface area contributed by atoms with Crippen molar-refractivity contribution in [1.82, 2.24) is 19.5 Å². The monoisotopic (exact) mass is 388 g/mol. The number of carbonyl (C=O) groups excluding carboxylic acids is 1. The molecule has 0 aliphatic carbocycles. The summed E-state index contributed by atoms with van der Waals surface area (Å²) in [6, 6.07) is 17.9. The van der Waals surface area contributed by atoms with Crippen molar-refractivity contribution in [3.63, 3.8) is 0 Å². The SMILES string of the molecule is Cc1ccc2c(c1)cc1c(=O)n(CC(=O)NC[C@H](C)c3ccccc3)nc(C)n12. The second-order valence-electron chi connectivity index (χ2n) is 7.55. The molecule has 0 fully saturated rings. The zero-order valence-corrected chi connectivity index (χ0v) is 16.8. The Labute approximate surface area is 168 Å². The Morgan fingerprint density at radius 3 is 2.59 bits per heavy atom. The number of carbonyl (C=O) groups is 1. The van der Waals surface area contributed by atoms with E-state index in [2.05, 4.69) is 17.3 Å². The van der Waals surface area contributed by atoms with Crippen LogP contribution in [0, 0.1) is 13.8 Å². The van der Waals surface area contributed by atoms with Gasteiger partial charge >= 0.3 is 0 Å². The van der Waals surface area contributed by atoms with Crippen LogP contribution in [0.4, 0.5) is 0 Å². The lowest BCUT2D eigenvalue weighted by molar-refractivity contribution is -0.121. The molecule has 0 radical (unpaired) electrons. The highest BCUT2D eigenvalue weighted by atomic mass is 16.2. The summed E-state index contributed by atoms with van der Waals surface area (Å²) >= 11 is 0. The standard InChI is InChI=1S/C23H24N4O2/c1-15-9-10-20-19(11-15)12-21-23(29)26(25-17(3)27(20)21)14-22(28)24-13-16(2)18-7-5-4-6-8-18/h4-12,16H,13-14H2,1-3H3,(H,24,28)/t16-/m0/s1. The molecule has 0 spiro atoms. The number of fused-ring (bicyclic) bond motifs is 3. The van der Waals surface area contributed by atoms with Crippen molar-refractivity contribution in [3.8, 4) is 0 Å². The molecule has 0 aliphatic heterocycles. The van der Waals surface area contributed by atoms with Crippen LogP contribution in [0.25, 0.3) is 16.4 Å². The van der Waals surface area contributed by atoms with Crippen LogP contribution in [-0.4, -0.2) is 26.6 Å². The van der Waals surface area contributed by atoms with E-state index in [0.717, 1.165) is 22.0 Å². The van der Waals surface area contributed by atoms with Gasteiger partial charge in [-0.1, -0.05) is 48.9 Å². The normalized spacial score (nSPS) is 12.4. The lowest BCUT2D eigenvalue weighted by Crippen LogP contribution is -2.36. The zero-order chi connectivity index (χ0) is 20.5. The summed E-state index contributed by atoms with van der Waals surface area (Å²) < 4.78 is 3.10. The highest BCUT2D eigenvalue weighted by molar-refractivity contribution is 5.87. The molecule has 6 heteroatoms. The molecule has 1 N–H and O–H groups in total. The van der Waals surface area contributed by atoms with Crippen molar-refractivity contribution < 1.29 is 4.79 Å². The zero-order valence-electron chi connectivity index (χ0n) is 16.8. The van der Waals surface area contributed by atoms with E-state index in [-0.39, 0.29) is 23.9 Å². The van der Waals surface area contributed by atoms with Gasteiger partial charge in [-0.15, -0.1) is 0 Å². The maximum absolute atomic E-state index is 12.9. The minimum absolute atomic E-state index is 0.0990. The number of aryl methyl sites for hydroxylation is 2. The molecule has 0 bridgehead atoms. The lowest BCUT2D eigenvalue weighted by atomic mass is 10.0. The number of hydrogen-bond acceptors (Lipinski definition) is 3. The third-order valence-electron chi connectivity index (χ3n) is 5.27. The van der Waals surface area contributed by atoms with Crippen LogP contribution in [0.2, 0.25) is 0 Å². The molecule has 0 saturated carbocycles. The van der Waals surface area contributed by atoms with Crippen molar-refractivity contribution in [2.75, 3.05) is 6.54 Å². The first-order valence-electron chi connectivity index (χ1n) is 9.75. The van der Waals surface area contributed by atoms with Gasteiger partial charge in [0.05, 0.1) is 5.52 Å². The molecule has 0 aliphatic rings. The van der Waals surface area contributed by atoms with E-state index in [4.69, 9.17) is 0 Å². The van der Waals surface area contributed by atoms with E-state index in [1.807, 2.05) is 72.8 Å². The molecule has 1 atom stereocenters. The van der Waals surface area contributed by atoms with Crippen LogP contribution < -0.4 is 10.9 Å². The number of benzene rings is 2. The van der Waals surface area contributed by atoms with Gasteiger partial charge < -0.3 is 5.32 Å². The fourth-order valence-electron chi connectivity index (χ4n) is 3.70. The third-order valence-corrected chi connectivity index (χ3v) is 5.27. The molecule has 4 rings (SSSR count). The molecule has 6 nitrogen and oxygen atoms in total. The first kappa shape index (κ1) is 18.9. The fraction of sp³-hybridized carbons (Fsp3) is 0.261. The van der Waals surface area contributed by atoms with Crippen LogP contribution >= 0.6 is 0 Å². The summed E-state index contributed by atoms with van der Waals surface area (Å²) in [6.45, 7) is 6.33. The summed E-state index contributed by atoms with van der Waals surface area (Å²) in [5, 5.41) is 8.28. The van der Waals surface area contributed by atoms with Gasteiger partial charge in [0.1, 0.15) is 17.9 Å². The number of hydrogen-bond donors (Lipinski definition) is 1. The van der Waals surface area contributed by atoms with Crippen molar-refractivity contribution >= 4 is 22.3 Å². The van der Waals surface area contributed by atoms with Gasteiger partial charge in [-0.2, -0.15) is 5.10 Å². The van der Waals surface area contributed by atoms with E-state index in [0.29, 0.717) is 17.9 Å². The van der Waals surface area contributed by atoms with E-state index in [9.17, 15) is 9.59 Å². The van der Waals surface area contributed by atoms with E-state index in [1.165, 1.54) is 4.68 Å². The average molecular weight is 388 g/mol. The minimum atomic E-state index is -0.268. The second-order valence-corrected chi connectivity index (χ2v) is 7.55. The highest BCUT2D eigenvalue weighted by Gasteiger charge is 2.15. The molecule has 2 aromatic heterocycles. The molecule has 2 heterocycles. The van der Waals surface area contributed by atoms with Crippen LogP contribution in [0.15, 0.2) is 59.4 Å². The topological polar surface area (TPSA) is 68.4 Å². The number of amides is 1. The molecule has 4 aromatic rings. The van der Waals surface area contributed by atoms with Crippen molar-refractivity contribution in [2.45, 2.75) is 33.2 Å². The maximum atomic E-state index is 12.9. The van der Waals surface area contributed by atoms with Crippen molar-refractivity contribution in [2.24, 2.45) is 0 Å². The summed E-state index contributed by atoms with van der Waals surface area (Å²) in [5.74, 6) is 0.634. The Hall–Kier alpha value is -3.41. The smallest absolute Gasteiger partial charge is 0.291 e. The van der Waals surface area contributed by atoms with Gasteiger partial charge in [-0.25, -0.2) is 4.68 Å². The predicted molar refractivity (Wildman–Crippen MR) is 114 cm³/mol. The summed E-state index contributed by atoms with van der Waals surface area (Å²) in [5.41, 5.74) is 3.50. The van der Waals surface area contributed by atoms with Crippen LogP contribution in [0.3, 0.4) is 0 Å². The largest absolute Gasteiger partial charge is 0.354 e. The van der Waals surface area contributed by atoms with Gasteiger partial charge in [0.2, 0.25) is 5.91 Å².